The number of aryl methyl sites for hydroxylation is 1. The molecule has 1 aromatic carbocycles. The van der Waals surface area contributed by atoms with Crippen molar-refractivity contribution in [3.8, 4) is 0 Å². The molecule has 0 bridgehead atoms. The molecule has 0 saturated carbocycles. The monoisotopic (exact) mass is 414 g/mol. The van der Waals surface area contributed by atoms with Gasteiger partial charge < -0.3 is 9.80 Å². The highest BCUT2D eigenvalue weighted by atomic mass is 32.2. The molecule has 2 aliphatic rings. The van der Waals surface area contributed by atoms with Gasteiger partial charge in [0, 0.05) is 51.2 Å². The van der Waals surface area contributed by atoms with Crippen LogP contribution in [0.4, 0.5) is 11.5 Å². The van der Waals surface area contributed by atoms with Crippen molar-refractivity contribution >= 4 is 21.5 Å². The first-order valence-electron chi connectivity index (χ1n) is 10.5. The minimum absolute atomic E-state index is 0.303. The van der Waals surface area contributed by atoms with Crippen LogP contribution < -0.4 is 9.80 Å². The predicted molar refractivity (Wildman–Crippen MR) is 117 cm³/mol. The van der Waals surface area contributed by atoms with Crippen molar-refractivity contribution in [1.29, 1.82) is 0 Å². The average Bonchev–Trinajstić information content (AvgIpc) is 2.76. The maximum absolute atomic E-state index is 12.8. The minimum atomic E-state index is -3.42. The summed E-state index contributed by atoms with van der Waals surface area (Å²) in [5.41, 5.74) is 3.96. The molecular formula is C22H30N4O2S. The van der Waals surface area contributed by atoms with Gasteiger partial charge in [0.05, 0.1) is 0 Å². The first kappa shape index (κ1) is 20.2. The van der Waals surface area contributed by atoms with Crippen LogP contribution in [0.5, 0.6) is 0 Å². The minimum Gasteiger partial charge on any atom is -0.368 e. The van der Waals surface area contributed by atoms with Crippen LogP contribution in [0.25, 0.3) is 0 Å². The lowest BCUT2D eigenvalue weighted by Crippen LogP contribution is -2.47. The van der Waals surface area contributed by atoms with Gasteiger partial charge >= 0.3 is 0 Å². The van der Waals surface area contributed by atoms with E-state index in [9.17, 15) is 8.42 Å². The number of hydrogen-bond donors (Lipinski definition) is 0. The molecule has 0 unspecified atom stereocenters. The maximum atomic E-state index is 12.8. The van der Waals surface area contributed by atoms with Crippen molar-refractivity contribution in [2.75, 3.05) is 49.1 Å². The molecule has 1 aromatic heterocycles. The molecule has 4 rings (SSSR count). The van der Waals surface area contributed by atoms with E-state index in [0.717, 1.165) is 51.3 Å². The zero-order valence-corrected chi connectivity index (χ0v) is 18.2. The van der Waals surface area contributed by atoms with E-state index in [1.165, 1.54) is 23.0 Å². The van der Waals surface area contributed by atoms with E-state index in [1.807, 2.05) is 6.07 Å². The highest BCUT2D eigenvalue weighted by Crippen LogP contribution is 2.26. The molecule has 2 fully saturated rings. The Hall–Kier alpha value is -2.12. The molecule has 0 aliphatic carbocycles. The number of pyridine rings is 1. The molecule has 2 aromatic rings. The van der Waals surface area contributed by atoms with Crippen molar-refractivity contribution in [1.82, 2.24) is 9.29 Å². The van der Waals surface area contributed by atoms with Gasteiger partial charge in [-0.25, -0.2) is 13.4 Å². The van der Waals surface area contributed by atoms with Crippen molar-refractivity contribution in [3.05, 3.63) is 47.7 Å². The standard InChI is InChI=1S/C22H30N4O2S/c1-18-7-6-8-21(19(18)2)24-13-15-25(16-14-24)22-10-9-20(17-23-22)29(27,28)26-11-4-3-5-12-26/h6-10,17H,3-5,11-16H2,1-2H3. The molecule has 29 heavy (non-hydrogen) atoms. The highest BCUT2D eigenvalue weighted by molar-refractivity contribution is 7.89. The smallest absolute Gasteiger partial charge is 0.244 e. The Bertz CT molecular complexity index is 945. The molecule has 7 heteroatoms. The number of sulfonamides is 1. The molecule has 2 saturated heterocycles. The quantitative estimate of drug-likeness (QED) is 0.769. The summed E-state index contributed by atoms with van der Waals surface area (Å²) in [7, 11) is -3.42. The summed E-state index contributed by atoms with van der Waals surface area (Å²) >= 11 is 0. The van der Waals surface area contributed by atoms with E-state index in [4.69, 9.17) is 0 Å². The summed E-state index contributed by atoms with van der Waals surface area (Å²) in [5, 5.41) is 0. The van der Waals surface area contributed by atoms with Crippen molar-refractivity contribution in [2.24, 2.45) is 0 Å². The van der Waals surface area contributed by atoms with Gasteiger partial charge in [0.15, 0.2) is 0 Å². The van der Waals surface area contributed by atoms with Crippen LogP contribution >= 0.6 is 0 Å². The number of aromatic nitrogens is 1. The molecule has 0 amide bonds. The number of piperidine rings is 1. The Morgan fingerprint density at radius 2 is 1.52 bits per heavy atom. The Morgan fingerprint density at radius 1 is 0.828 bits per heavy atom. The zero-order valence-electron chi connectivity index (χ0n) is 17.3. The number of nitrogens with zero attached hydrogens (tertiary/aromatic N) is 4. The average molecular weight is 415 g/mol. The zero-order chi connectivity index (χ0) is 20.4. The fourth-order valence-electron chi connectivity index (χ4n) is 4.22. The number of piperazine rings is 1. The fourth-order valence-corrected chi connectivity index (χ4v) is 5.68. The Kier molecular flexibility index (Phi) is 5.79. The first-order chi connectivity index (χ1) is 14.0. The topological polar surface area (TPSA) is 56.8 Å². The van der Waals surface area contributed by atoms with Gasteiger partial charge in [-0.05, 0) is 56.0 Å². The summed E-state index contributed by atoms with van der Waals surface area (Å²) in [5.74, 6) is 0.850. The summed E-state index contributed by atoms with van der Waals surface area (Å²) in [6, 6.07) is 10.0. The molecule has 156 valence electrons. The van der Waals surface area contributed by atoms with Gasteiger partial charge in [-0.3, -0.25) is 0 Å². The second kappa shape index (κ2) is 8.32. The molecular weight excluding hydrogens is 384 g/mol. The van der Waals surface area contributed by atoms with Crippen LogP contribution in [0.2, 0.25) is 0 Å². The van der Waals surface area contributed by atoms with Crippen LogP contribution in [0.3, 0.4) is 0 Å². The van der Waals surface area contributed by atoms with Crippen LogP contribution in [0, 0.1) is 13.8 Å². The van der Waals surface area contributed by atoms with Crippen molar-refractivity contribution in [3.63, 3.8) is 0 Å². The molecule has 3 heterocycles. The third-order valence-electron chi connectivity index (χ3n) is 6.19. The lowest BCUT2D eigenvalue weighted by atomic mass is 10.1. The molecule has 2 aliphatic heterocycles. The van der Waals surface area contributed by atoms with Gasteiger partial charge in [0.25, 0.3) is 0 Å². The van der Waals surface area contributed by atoms with Gasteiger partial charge in [0.2, 0.25) is 10.0 Å². The molecule has 0 spiro atoms. The van der Waals surface area contributed by atoms with Gasteiger partial charge in [-0.15, -0.1) is 0 Å². The van der Waals surface area contributed by atoms with Gasteiger partial charge in [0.1, 0.15) is 10.7 Å². The fraction of sp³-hybridized carbons (Fsp3) is 0.500. The maximum Gasteiger partial charge on any atom is 0.244 e. The van der Waals surface area contributed by atoms with E-state index < -0.39 is 10.0 Å². The summed E-state index contributed by atoms with van der Waals surface area (Å²) in [6.07, 6.45) is 4.51. The first-order valence-corrected chi connectivity index (χ1v) is 11.9. The Labute approximate surface area is 174 Å². The summed E-state index contributed by atoms with van der Waals surface area (Å²) in [6.45, 7) is 9.17. The molecule has 0 N–H and O–H groups in total. The normalized spacial score (nSPS) is 18.8. The van der Waals surface area contributed by atoms with Crippen LogP contribution in [-0.4, -0.2) is 57.0 Å². The largest absolute Gasteiger partial charge is 0.368 e. The van der Waals surface area contributed by atoms with E-state index in [2.05, 4.69) is 46.8 Å². The van der Waals surface area contributed by atoms with E-state index in [0.29, 0.717) is 18.0 Å². The van der Waals surface area contributed by atoms with Crippen LogP contribution in [0.15, 0.2) is 41.4 Å². The number of hydrogen-bond acceptors (Lipinski definition) is 5. The SMILES string of the molecule is Cc1cccc(N2CCN(c3ccc(S(=O)(=O)N4CCCCC4)cn3)CC2)c1C. The molecule has 0 atom stereocenters. The highest BCUT2D eigenvalue weighted by Gasteiger charge is 2.27. The third-order valence-corrected chi connectivity index (χ3v) is 8.08. The number of benzene rings is 1. The van der Waals surface area contributed by atoms with Gasteiger partial charge in [-0.1, -0.05) is 18.6 Å². The summed E-state index contributed by atoms with van der Waals surface area (Å²) in [4.78, 5) is 9.46. The lowest BCUT2D eigenvalue weighted by molar-refractivity contribution is 0.346. The number of anilines is 2. The van der Waals surface area contributed by atoms with Crippen LogP contribution in [0.1, 0.15) is 30.4 Å². The van der Waals surface area contributed by atoms with E-state index in [1.54, 1.807) is 10.4 Å². The molecule has 0 radical (unpaired) electrons. The number of rotatable bonds is 4. The molecule has 6 nitrogen and oxygen atoms in total. The van der Waals surface area contributed by atoms with E-state index in [-0.39, 0.29) is 0 Å². The third kappa shape index (κ3) is 4.12. The predicted octanol–water partition coefficient (Wildman–Crippen LogP) is 3.20. The van der Waals surface area contributed by atoms with E-state index >= 15 is 0 Å². The Balaban J connectivity index is 1.42. The second-order valence-electron chi connectivity index (χ2n) is 8.01. The van der Waals surface area contributed by atoms with Crippen molar-refractivity contribution in [2.45, 2.75) is 38.0 Å². The van der Waals surface area contributed by atoms with Gasteiger partial charge in [-0.2, -0.15) is 4.31 Å². The van der Waals surface area contributed by atoms with Crippen LogP contribution in [-0.2, 0) is 10.0 Å². The summed E-state index contributed by atoms with van der Waals surface area (Å²) < 4.78 is 27.2. The Morgan fingerprint density at radius 3 is 2.17 bits per heavy atom. The second-order valence-corrected chi connectivity index (χ2v) is 9.95. The lowest BCUT2D eigenvalue weighted by Gasteiger charge is -2.37. The van der Waals surface area contributed by atoms with Crippen molar-refractivity contribution < 1.29 is 8.42 Å².